The van der Waals surface area contributed by atoms with Crippen LogP contribution in [0.25, 0.3) is 0 Å². The molecule has 2 N–H and O–H groups in total. The van der Waals surface area contributed by atoms with E-state index in [1.807, 2.05) is 36.4 Å². The molecule has 1 aromatic heterocycles. The van der Waals surface area contributed by atoms with Crippen LogP contribution in [-0.4, -0.2) is 10.8 Å². The van der Waals surface area contributed by atoms with Crippen LogP contribution in [0.2, 0.25) is 0 Å². The first-order valence-electron chi connectivity index (χ1n) is 6.50. The molecule has 0 saturated heterocycles. The summed E-state index contributed by atoms with van der Waals surface area (Å²) >= 11 is 0. The van der Waals surface area contributed by atoms with Crippen molar-refractivity contribution in [1.82, 2.24) is 4.98 Å². The maximum absolute atomic E-state index is 12.5. The molecule has 0 atom stereocenters. The Morgan fingerprint density at radius 1 is 1.21 bits per heavy atom. The third kappa shape index (κ3) is 2.24. The van der Waals surface area contributed by atoms with Gasteiger partial charge in [0.05, 0.1) is 5.41 Å². The third-order valence-electron chi connectivity index (χ3n) is 3.82. The van der Waals surface area contributed by atoms with E-state index in [9.17, 15) is 4.79 Å². The molecular formula is C16H16N2O. The Morgan fingerprint density at radius 3 is 2.58 bits per heavy atom. The Morgan fingerprint density at radius 2 is 1.95 bits per heavy atom. The van der Waals surface area contributed by atoms with E-state index in [-0.39, 0.29) is 11.2 Å². The highest BCUT2D eigenvalue weighted by molar-refractivity contribution is 5.94. The molecule has 1 heterocycles. The number of aromatic nitrogens is 1. The predicted octanol–water partition coefficient (Wildman–Crippen LogP) is 2.51. The second kappa shape index (κ2) is 4.50. The normalized spacial score (nSPS) is 16.0. The number of hydrogen-bond acceptors (Lipinski definition) is 3. The number of benzene rings is 1. The van der Waals surface area contributed by atoms with E-state index in [1.54, 1.807) is 12.3 Å². The third-order valence-corrected chi connectivity index (χ3v) is 3.82. The molecule has 96 valence electrons. The molecular weight excluding hydrogens is 236 g/mol. The van der Waals surface area contributed by atoms with E-state index >= 15 is 0 Å². The molecule has 1 aliphatic carbocycles. The number of nitrogens with zero attached hydrogens (tertiary/aromatic N) is 1. The van der Waals surface area contributed by atoms with Gasteiger partial charge in [-0.2, -0.15) is 0 Å². The molecule has 3 heteroatoms. The van der Waals surface area contributed by atoms with Gasteiger partial charge in [-0.3, -0.25) is 4.79 Å². The zero-order chi connectivity index (χ0) is 13.3. The van der Waals surface area contributed by atoms with Crippen molar-refractivity contribution in [2.45, 2.75) is 24.7 Å². The van der Waals surface area contributed by atoms with Crippen molar-refractivity contribution < 1.29 is 4.79 Å². The van der Waals surface area contributed by atoms with Crippen LogP contribution in [0, 0.1) is 0 Å². The summed E-state index contributed by atoms with van der Waals surface area (Å²) in [7, 11) is 0. The van der Waals surface area contributed by atoms with Gasteiger partial charge < -0.3 is 5.73 Å². The standard InChI is InChI=1S/C16H16N2O/c17-15-11-12(6-9-18-15)10-14(19)16(7-8-16)13-4-2-1-3-5-13/h1-6,9,11H,7-8,10H2,(H2,17,18). The molecule has 1 fully saturated rings. The van der Waals surface area contributed by atoms with Crippen molar-refractivity contribution in [3.8, 4) is 0 Å². The van der Waals surface area contributed by atoms with E-state index in [0.717, 1.165) is 24.0 Å². The molecule has 0 radical (unpaired) electrons. The van der Waals surface area contributed by atoms with Crippen molar-refractivity contribution in [1.29, 1.82) is 0 Å². The Hall–Kier alpha value is -2.16. The Labute approximate surface area is 112 Å². The number of hydrogen-bond donors (Lipinski definition) is 1. The van der Waals surface area contributed by atoms with Crippen LogP contribution in [0.1, 0.15) is 24.0 Å². The van der Waals surface area contributed by atoms with Crippen LogP contribution in [0.4, 0.5) is 5.82 Å². The second-order valence-corrected chi connectivity index (χ2v) is 5.14. The lowest BCUT2D eigenvalue weighted by molar-refractivity contribution is -0.120. The lowest BCUT2D eigenvalue weighted by Crippen LogP contribution is -2.22. The van der Waals surface area contributed by atoms with Gasteiger partial charge in [0.2, 0.25) is 0 Å². The number of carbonyl (C=O) groups excluding carboxylic acids is 1. The van der Waals surface area contributed by atoms with Crippen LogP contribution < -0.4 is 5.73 Å². The largest absolute Gasteiger partial charge is 0.384 e. The smallest absolute Gasteiger partial charge is 0.147 e. The van der Waals surface area contributed by atoms with Gasteiger partial charge in [-0.05, 0) is 36.1 Å². The van der Waals surface area contributed by atoms with Crippen LogP contribution in [0.3, 0.4) is 0 Å². The molecule has 3 rings (SSSR count). The number of pyridine rings is 1. The zero-order valence-corrected chi connectivity index (χ0v) is 10.7. The number of nitrogens with two attached hydrogens (primary N) is 1. The zero-order valence-electron chi connectivity index (χ0n) is 10.7. The number of Topliss-reactive ketones (excluding diaryl/α,β-unsaturated/α-hetero) is 1. The van der Waals surface area contributed by atoms with Gasteiger partial charge in [-0.1, -0.05) is 30.3 Å². The first-order chi connectivity index (χ1) is 9.21. The fraction of sp³-hybridized carbons (Fsp3) is 0.250. The average Bonchev–Trinajstić information content (AvgIpc) is 3.21. The minimum Gasteiger partial charge on any atom is -0.384 e. The molecule has 1 aliphatic rings. The number of rotatable bonds is 4. The summed E-state index contributed by atoms with van der Waals surface area (Å²) in [4.78, 5) is 16.5. The summed E-state index contributed by atoms with van der Waals surface area (Å²) < 4.78 is 0. The van der Waals surface area contributed by atoms with Gasteiger partial charge in [-0.25, -0.2) is 4.98 Å². The van der Waals surface area contributed by atoms with Gasteiger partial charge in [0.1, 0.15) is 11.6 Å². The molecule has 0 unspecified atom stereocenters. The first-order valence-corrected chi connectivity index (χ1v) is 6.50. The number of nitrogen functional groups attached to an aromatic ring is 1. The summed E-state index contributed by atoms with van der Waals surface area (Å²) in [6.45, 7) is 0. The molecule has 2 aromatic rings. The number of ketones is 1. The molecule has 0 amide bonds. The lowest BCUT2D eigenvalue weighted by atomic mass is 9.88. The van der Waals surface area contributed by atoms with Crippen LogP contribution in [-0.2, 0) is 16.6 Å². The minimum atomic E-state index is -0.251. The lowest BCUT2D eigenvalue weighted by Gasteiger charge is -2.14. The minimum absolute atomic E-state index is 0.251. The molecule has 1 aromatic carbocycles. The van der Waals surface area contributed by atoms with Gasteiger partial charge in [0.25, 0.3) is 0 Å². The van der Waals surface area contributed by atoms with Gasteiger partial charge >= 0.3 is 0 Å². The SMILES string of the molecule is Nc1cc(CC(=O)C2(c3ccccc3)CC2)ccn1. The number of carbonyl (C=O) groups is 1. The summed E-state index contributed by atoms with van der Waals surface area (Å²) in [5, 5.41) is 0. The Bertz CT molecular complexity index is 603. The van der Waals surface area contributed by atoms with E-state index < -0.39 is 0 Å². The van der Waals surface area contributed by atoms with Gasteiger partial charge in [0, 0.05) is 12.6 Å². The molecule has 3 nitrogen and oxygen atoms in total. The predicted molar refractivity (Wildman–Crippen MR) is 74.7 cm³/mol. The Kier molecular flexibility index (Phi) is 2.82. The fourth-order valence-electron chi connectivity index (χ4n) is 2.57. The van der Waals surface area contributed by atoms with E-state index in [4.69, 9.17) is 5.73 Å². The molecule has 1 saturated carbocycles. The molecule has 0 aliphatic heterocycles. The maximum atomic E-state index is 12.5. The highest BCUT2D eigenvalue weighted by atomic mass is 16.1. The van der Waals surface area contributed by atoms with Gasteiger partial charge in [-0.15, -0.1) is 0 Å². The summed E-state index contributed by atoms with van der Waals surface area (Å²) in [5.41, 5.74) is 7.48. The quantitative estimate of drug-likeness (QED) is 0.909. The molecule has 0 bridgehead atoms. The molecule has 19 heavy (non-hydrogen) atoms. The topological polar surface area (TPSA) is 56.0 Å². The maximum Gasteiger partial charge on any atom is 0.147 e. The second-order valence-electron chi connectivity index (χ2n) is 5.14. The van der Waals surface area contributed by atoms with E-state index in [1.165, 1.54) is 0 Å². The monoisotopic (exact) mass is 252 g/mol. The number of anilines is 1. The first kappa shape index (κ1) is 11.9. The van der Waals surface area contributed by atoms with Gasteiger partial charge in [0.15, 0.2) is 0 Å². The summed E-state index contributed by atoms with van der Waals surface area (Å²) in [6.07, 6.45) is 3.99. The van der Waals surface area contributed by atoms with E-state index in [2.05, 4.69) is 4.98 Å². The fourth-order valence-corrected chi connectivity index (χ4v) is 2.57. The summed E-state index contributed by atoms with van der Waals surface area (Å²) in [6, 6.07) is 13.7. The molecule has 0 spiro atoms. The highest BCUT2D eigenvalue weighted by Crippen LogP contribution is 2.49. The van der Waals surface area contributed by atoms with Crippen molar-refractivity contribution in [3.63, 3.8) is 0 Å². The van der Waals surface area contributed by atoms with Crippen molar-refractivity contribution in [3.05, 3.63) is 59.8 Å². The average molecular weight is 252 g/mol. The van der Waals surface area contributed by atoms with Crippen LogP contribution in [0.5, 0.6) is 0 Å². The van der Waals surface area contributed by atoms with Crippen LogP contribution in [0.15, 0.2) is 48.7 Å². The Balaban J connectivity index is 1.82. The van der Waals surface area contributed by atoms with Crippen LogP contribution >= 0.6 is 0 Å². The van der Waals surface area contributed by atoms with E-state index in [0.29, 0.717) is 12.2 Å². The summed E-state index contributed by atoms with van der Waals surface area (Å²) in [5.74, 6) is 0.749. The highest BCUT2D eigenvalue weighted by Gasteiger charge is 2.50. The van der Waals surface area contributed by atoms with Crippen molar-refractivity contribution >= 4 is 11.6 Å². The van der Waals surface area contributed by atoms with Crippen molar-refractivity contribution in [2.24, 2.45) is 0 Å². The van der Waals surface area contributed by atoms with Crippen molar-refractivity contribution in [2.75, 3.05) is 5.73 Å².